The lowest BCUT2D eigenvalue weighted by atomic mass is 9.94. The molecule has 0 bridgehead atoms. The van der Waals surface area contributed by atoms with Crippen molar-refractivity contribution in [1.29, 1.82) is 0 Å². The highest BCUT2D eigenvalue weighted by Crippen LogP contribution is 2.50. The maximum absolute atomic E-state index is 10.8. The van der Waals surface area contributed by atoms with E-state index in [-0.39, 0.29) is 17.0 Å². The van der Waals surface area contributed by atoms with E-state index in [0.717, 1.165) is 12.0 Å². The maximum Gasteiger partial charge on any atom is 0.292 e. The molecule has 90 valence electrons. The fraction of sp³-hybridized carbons (Fsp3) is 0.500. The van der Waals surface area contributed by atoms with E-state index in [1.54, 1.807) is 12.1 Å². The van der Waals surface area contributed by atoms with Crippen LogP contribution in [-0.4, -0.2) is 10.5 Å². The summed E-state index contributed by atoms with van der Waals surface area (Å²) < 4.78 is 5.93. The summed E-state index contributed by atoms with van der Waals surface area (Å²) in [6.45, 7) is 2.08. The highest BCUT2D eigenvalue weighted by Gasteiger charge is 2.47. The van der Waals surface area contributed by atoms with Crippen LogP contribution < -0.4 is 10.5 Å². The average Bonchev–Trinajstić information content (AvgIpc) is 3.01. The van der Waals surface area contributed by atoms with Crippen molar-refractivity contribution in [3.63, 3.8) is 0 Å². The molecule has 0 radical (unpaired) electrons. The topological polar surface area (TPSA) is 78.4 Å². The first kappa shape index (κ1) is 10.4. The third-order valence-electron chi connectivity index (χ3n) is 3.73. The summed E-state index contributed by atoms with van der Waals surface area (Å²) in [7, 11) is 0. The molecule has 1 aliphatic heterocycles. The molecule has 0 spiro atoms. The van der Waals surface area contributed by atoms with Crippen molar-refractivity contribution in [2.75, 3.05) is 5.73 Å². The summed E-state index contributed by atoms with van der Waals surface area (Å²) in [5, 5.41) is 10.8. The van der Waals surface area contributed by atoms with Crippen molar-refractivity contribution in [2.24, 2.45) is 5.92 Å². The Morgan fingerprint density at radius 2 is 2.24 bits per heavy atom. The van der Waals surface area contributed by atoms with Gasteiger partial charge in [0.1, 0.15) is 17.0 Å². The van der Waals surface area contributed by atoms with E-state index < -0.39 is 4.92 Å². The Bertz CT molecular complexity index is 511. The zero-order valence-corrected chi connectivity index (χ0v) is 9.60. The predicted octanol–water partition coefficient (Wildman–Crippen LogP) is 2.28. The number of nitro groups is 1. The standard InChI is InChI=1S/C12H14N2O3/c1-12(8-2-3-8)6-7-4-10(14(15)16)9(13)5-11(7)17-12/h4-5,8H,2-3,6,13H2,1H3. The minimum atomic E-state index is -0.442. The van der Waals surface area contributed by atoms with Gasteiger partial charge in [0.15, 0.2) is 0 Å². The Morgan fingerprint density at radius 3 is 2.82 bits per heavy atom. The molecule has 0 saturated heterocycles. The Kier molecular flexibility index (Phi) is 1.91. The van der Waals surface area contributed by atoms with Crippen molar-refractivity contribution < 1.29 is 9.66 Å². The molecular formula is C12H14N2O3. The Balaban J connectivity index is 2.00. The lowest BCUT2D eigenvalue weighted by molar-refractivity contribution is -0.383. The van der Waals surface area contributed by atoms with Gasteiger partial charge < -0.3 is 10.5 Å². The SMILES string of the molecule is CC1(C2CC2)Cc2cc([N+](=O)[O-])c(N)cc2O1. The van der Waals surface area contributed by atoms with Crippen LogP contribution in [0.2, 0.25) is 0 Å². The van der Waals surface area contributed by atoms with E-state index in [4.69, 9.17) is 10.5 Å². The van der Waals surface area contributed by atoms with Gasteiger partial charge >= 0.3 is 0 Å². The van der Waals surface area contributed by atoms with Crippen molar-refractivity contribution >= 4 is 11.4 Å². The smallest absolute Gasteiger partial charge is 0.292 e. The molecule has 1 saturated carbocycles. The molecule has 5 nitrogen and oxygen atoms in total. The zero-order valence-electron chi connectivity index (χ0n) is 9.60. The number of nitro benzene ring substituents is 1. The van der Waals surface area contributed by atoms with Crippen LogP contribution in [0.5, 0.6) is 5.75 Å². The van der Waals surface area contributed by atoms with Gasteiger partial charge in [-0.25, -0.2) is 0 Å². The monoisotopic (exact) mass is 234 g/mol. The van der Waals surface area contributed by atoms with E-state index in [9.17, 15) is 10.1 Å². The molecule has 2 aliphatic rings. The van der Waals surface area contributed by atoms with Crippen LogP contribution in [0.3, 0.4) is 0 Å². The molecule has 5 heteroatoms. The molecule has 1 atom stereocenters. The number of anilines is 1. The Morgan fingerprint density at radius 1 is 1.53 bits per heavy atom. The number of nitrogens with two attached hydrogens (primary N) is 1. The summed E-state index contributed by atoms with van der Waals surface area (Å²) in [6.07, 6.45) is 3.11. The lowest BCUT2D eigenvalue weighted by Gasteiger charge is -2.23. The number of fused-ring (bicyclic) bond motifs is 1. The second kappa shape index (κ2) is 3.12. The number of nitrogen functional groups attached to an aromatic ring is 1. The summed E-state index contributed by atoms with van der Waals surface area (Å²) in [6, 6.07) is 3.14. The number of hydrogen-bond acceptors (Lipinski definition) is 4. The molecule has 0 aromatic heterocycles. The van der Waals surface area contributed by atoms with Crippen molar-refractivity contribution in [3.8, 4) is 5.75 Å². The third kappa shape index (κ3) is 1.53. The van der Waals surface area contributed by atoms with Crippen molar-refractivity contribution in [2.45, 2.75) is 31.8 Å². The van der Waals surface area contributed by atoms with E-state index >= 15 is 0 Å². The van der Waals surface area contributed by atoms with Gasteiger partial charge in [0.25, 0.3) is 5.69 Å². The van der Waals surface area contributed by atoms with Crippen LogP contribution in [-0.2, 0) is 6.42 Å². The maximum atomic E-state index is 10.8. The molecule has 1 unspecified atom stereocenters. The average molecular weight is 234 g/mol. The van der Waals surface area contributed by atoms with Gasteiger partial charge in [-0.2, -0.15) is 0 Å². The molecule has 1 fully saturated rings. The van der Waals surface area contributed by atoms with Gasteiger partial charge in [-0.3, -0.25) is 10.1 Å². The van der Waals surface area contributed by atoms with Gasteiger partial charge in [-0.05, 0) is 25.7 Å². The number of rotatable bonds is 2. The van der Waals surface area contributed by atoms with Gasteiger partial charge in [0.05, 0.1) is 4.92 Å². The minimum absolute atomic E-state index is 0.0209. The lowest BCUT2D eigenvalue weighted by Crippen LogP contribution is -2.32. The normalized spacial score (nSPS) is 26.4. The first-order valence-corrected chi connectivity index (χ1v) is 5.75. The van der Waals surface area contributed by atoms with Crippen molar-refractivity contribution in [1.82, 2.24) is 0 Å². The van der Waals surface area contributed by atoms with E-state index in [2.05, 4.69) is 6.92 Å². The first-order chi connectivity index (χ1) is 7.99. The molecular weight excluding hydrogens is 220 g/mol. The molecule has 17 heavy (non-hydrogen) atoms. The highest BCUT2D eigenvalue weighted by atomic mass is 16.6. The summed E-state index contributed by atoms with van der Waals surface area (Å²) >= 11 is 0. The van der Waals surface area contributed by atoms with E-state index in [1.807, 2.05) is 0 Å². The molecule has 3 rings (SSSR count). The number of hydrogen-bond donors (Lipinski definition) is 1. The van der Waals surface area contributed by atoms with E-state index in [0.29, 0.717) is 11.7 Å². The van der Waals surface area contributed by atoms with Crippen LogP contribution >= 0.6 is 0 Å². The van der Waals surface area contributed by atoms with Crippen LogP contribution in [0.25, 0.3) is 0 Å². The van der Waals surface area contributed by atoms with Crippen LogP contribution in [0.1, 0.15) is 25.3 Å². The zero-order chi connectivity index (χ0) is 12.2. The summed E-state index contributed by atoms with van der Waals surface area (Å²) in [5.74, 6) is 1.29. The molecule has 1 aromatic rings. The highest BCUT2D eigenvalue weighted by molar-refractivity contribution is 5.64. The fourth-order valence-electron chi connectivity index (χ4n) is 2.61. The van der Waals surface area contributed by atoms with Gasteiger partial charge in [-0.1, -0.05) is 0 Å². The largest absolute Gasteiger partial charge is 0.487 e. The Hall–Kier alpha value is -1.78. The molecule has 0 amide bonds. The van der Waals surface area contributed by atoms with E-state index in [1.165, 1.54) is 12.8 Å². The molecule has 1 aromatic carbocycles. The van der Waals surface area contributed by atoms with Gasteiger partial charge in [-0.15, -0.1) is 0 Å². The summed E-state index contributed by atoms with van der Waals surface area (Å²) in [5.41, 5.74) is 6.52. The third-order valence-corrected chi connectivity index (χ3v) is 3.73. The van der Waals surface area contributed by atoms with Gasteiger partial charge in [0, 0.05) is 24.1 Å². The fourth-order valence-corrected chi connectivity index (χ4v) is 2.61. The summed E-state index contributed by atoms with van der Waals surface area (Å²) in [4.78, 5) is 10.4. The quantitative estimate of drug-likeness (QED) is 0.483. The van der Waals surface area contributed by atoms with Crippen LogP contribution in [0, 0.1) is 16.0 Å². The first-order valence-electron chi connectivity index (χ1n) is 5.75. The van der Waals surface area contributed by atoms with Gasteiger partial charge in [0.2, 0.25) is 0 Å². The predicted molar refractivity (Wildman–Crippen MR) is 63.0 cm³/mol. The molecule has 1 heterocycles. The second-order valence-corrected chi connectivity index (χ2v) is 5.14. The minimum Gasteiger partial charge on any atom is -0.487 e. The number of benzene rings is 1. The Labute approximate surface area is 98.7 Å². The van der Waals surface area contributed by atoms with Crippen LogP contribution in [0.15, 0.2) is 12.1 Å². The number of nitrogens with zero attached hydrogens (tertiary/aromatic N) is 1. The second-order valence-electron chi connectivity index (χ2n) is 5.14. The molecule has 1 aliphatic carbocycles. The number of ether oxygens (including phenoxy) is 1. The van der Waals surface area contributed by atoms with Crippen LogP contribution in [0.4, 0.5) is 11.4 Å². The molecule has 2 N–H and O–H groups in total. The van der Waals surface area contributed by atoms with Crippen molar-refractivity contribution in [3.05, 3.63) is 27.8 Å².